The molecule has 0 spiro atoms. The van der Waals surface area contributed by atoms with Crippen molar-refractivity contribution in [2.45, 2.75) is 63.5 Å². The maximum Gasteiger partial charge on any atom is 0.328 e. The number of anilines is 4. The lowest BCUT2D eigenvalue weighted by Crippen LogP contribution is -2.42. The number of halogens is 1. The highest BCUT2D eigenvalue weighted by atomic mass is 35.5. The Morgan fingerprint density at radius 2 is 1.61 bits per heavy atom. The van der Waals surface area contributed by atoms with E-state index in [1.165, 1.54) is 25.7 Å². The van der Waals surface area contributed by atoms with Gasteiger partial charge in [0.05, 0.1) is 12.1 Å². The molecule has 4 rings (SSSR count). The van der Waals surface area contributed by atoms with Crippen LogP contribution in [0.15, 0.2) is 30.4 Å². The summed E-state index contributed by atoms with van der Waals surface area (Å²) in [7, 11) is 5.88. The molecular formula is C28H40ClN7O5. The number of carboxylic acids is 2. The van der Waals surface area contributed by atoms with E-state index >= 15 is 0 Å². The number of hydrogen-bond donors (Lipinski definition) is 4. The maximum atomic E-state index is 9.55. The van der Waals surface area contributed by atoms with Gasteiger partial charge in [-0.15, -0.1) is 0 Å². The lowest BCUT2D eigenvalue weighted by molar-refractivity contribution is -0.134. The zero-order chi connectivity index (χ0) is 29.8. The van der Waals surface area contributed by atoms with Crippen LogP contribution in [0.5, 0.6) is 5.75 Å². The third-order valence-corrected chi connectivity index (χ3v) is 7.44. The molecule has 0 unspecified atom stereocenters. The van der Waals surface area contributed by atoms with Gasteiger partial charge in [0.15, 0.2) is 0 Å². The minimum Gasteiger partial charge on any atom is -0.495 e. The number of nitrogens with zero attached hydrogens (tertiary/aromatic N) is 5. The van der Waals surface area contributed by atoms with Gasteiger partial charge in [0.2, 0.25) is 17.8 Å². The monoisotopic (exact) mass is 589 g/mol. The molecule has 0 radical (unpaired) electrons. The van der Waals surface area contributed by atoms with Gasteiger partial charge in [0.25, 0.3) is 0 Å². The molecule has 1 aliphatic heterocycles. The summed E-state index contributed by atoms with van der Waals surface area (Å²) < 4.78 is 5.27. The summed E-state index contributed by atoms with van der Waals surface area (Å²) in [5.41, 5.74) is 0.806. The van der Waals surface area contributed by atoms with E-state index in [9.17, 15) is 9.59 Å². The molecule has 2 aromatic rings. The van der Waals surface area contributed by atoms with E-state index in [4.69, 9.17) is 41.5 Å². The number of aromatic nitrogens is 3. The molecule has 0 amide bonds. The number of methoxy groups -OCH3 is 1. The molecule has 1 aromatic carbocycles. The predicted molar refractivity (Wildman–Crippen MR) is 160 cm³/mol. The van der Waals surface area contributed by atoms with E-state index in [0.29, 0.717) is 52.9 Å². The van der Waals surface area contributed by atoms with Crippen molar-refractivity contribution in [3.8, 4) is 5.75 Å². The minimum absolute atomic E-state index is 0.402. The van der Waals surface area contributed by atoms with Crippen molar-refractivity contribution in [2.75, 3.05) is 49.8 Å². The summed E-state index contributed by atoms with van der Waals surface area (Å²) in [6.45, 7) is 2.17. The van der Waals surface area contributed by atoms with Crippen LogP contribution in [0.3, 0.4) is 0 Å². The van der Waals surface area contributed by atoms with Crippen LogP contribution in [0.2, 0.25) is 5.02 Å². The van der Waals surface area contributed by atoms with Gasteiger partial charge < -0.3 is 35.4 Å². The summed E-state index contributed by atoms with van der Waals surface area (Å²) in [6.07, 6.45) is 10.7. The number of hydrogen-bond acceptors (Lipinski definition) is 10. The van der Waals surface area contributed by atoms with Gasteiger partial charge in [-0.05, 0) is 64.0 Å². The third-order valence-electron chi connectivity index (χ3n) is 7.14. The Labute approximate surface area is 245 Å². The standard InChI is InChI=1S/C24H36ClN7O.C4H4O4/c1-31-14-12-19(13-15-31)32(2)24-29-22(26-17-8-6-4-5-7-9-17)28-23(30-24)27-18-10-11-21(33-3)20(25)16-18;5-3(6)1-2-4(7)8/h10-11,16-17,19H,4-9,12-15H2,1-3H3,(H2,26,27,28,29,30);1-2H,(H,5,6)(H,7,8). The Morgan fingerprint density at radius 3 is 2.17 bits per heavy atom. The van der Waals surface area contributed by atoms with Gasteiger partial charge in [-0.3, -0.25) is 0 Å². The summed E-state index contributed by atoms with van der Waals surface area (Å²) >= 11 is 6.32. The number of piperidine rings is 1. The molecular weight excluding hydrogens is 550 g/mol. The largest absolute Gasteiger partial charge is 0.495 e. The van der Waals surface area contributed by atoms with Gasteiger partial charge >= 0.3 is 11.9 Å². The highest BCUT2D eigenvalue weighted by Crippen LogP contribution is 2.29. The fourth-order valence-electron chi connectivity index (χ4n) is 4.81. The van der Waals surface area contributed by atoms with E-state index in [-0.39, 0.29) is 0 Å². The maximum absolute atomic E-state index is 9.55. The number of carboxylic acid groups (broad SMARTS) is 2. The third kappa shape index (κ3) is 10.7. The highest BCUT2D eigenvalue weighted by Gasteiger charge is 2.24. The molecule has 2 heterocycles. The van der Waals surface area contributed by atoms with Gasteiger partial charge in [0.1, 0.15) is 5.75 Å². The molecule has 2 aliphatic rings. The SMILES string of the molecule is COc1ccc(Nc2nc(NC3CCCCCC3)nc(N(C)C3CCN(C)CC3)n2)cc1Cl.O=C(O)C=CC(=O)O. The zero-order valence-electron chi connectivity index (χ0n) is 23.8. The molecule has 1 saturated carbocycles. The summed E-state index contributed by atoms with van der Waals surface area (Å²) in [4.78, 5) is 38.0. The molecule has 4 N–H and O–H groups in total. The number of carbonyl (C=O) groups is 2. The van der Waals surface area contributed by atoms with Gasteiger partial charge in [-0.25, -0.2) is 9.59 Å². The lowest BCUT2D eigenvalue weighted by atomic mass is 10.0. The Morgan fingerprint density at radius 1 is 1.00 bits per heavy atom. The van der Waals surface area contributed by atoms with Gasteiger partial charge in [0, 0.05) is 37.0 Å². The van der Waals surface area contributed by atoms with Crippen LogP contribution in [0.1, 0.15) is 51.4 Å². The molecule has 0 atom stereocenters. The van der Waals surface area contributed by atoms with Gasteiger partial charge in [-0.2, -0.15) is 15.0 Å². The predicted octanol–water partition coefficient (Wildman–Crippen LogP) is 4.65. The fraction of sp³-hybridized carbons (Fsp3) is 0.536. The van der Waals surface area contributed by atoms with E-state index < -0.39 is 11.9 Å². The van der Waals surface area contributed by atoms with Gasteiger partial charge in [-0.1, -0.05) is 37.3 Å². The van der Waals surface area contributed by atoms with Crippen molar-refractivity contribution in [1.82, 2.24) is 19.9 Å². The number of benzene rings is 1. The molecule has 0 bridgehead atoms. The Hall–Kier alpha value is -3.64. The first-order valence-electron chi connectivity index (χ1n) is 13.8. The van der Waals surface area contributed by atoms with Crippen LogP contribution in [0.4, 0.5) is 23.5 Å². The fourth-order valence-corrected chi connectivity index (χ4v) is 5.07. The number of ether oxygens (including phenoxy) is 1. The second-order valence-electron chi connectivity index (χ2n) is 10.2. The van der Waals surface area contributed by atoms with Crippen LogP contribution in [0.25, 0.3) is 0 Å². The molecule has 224 valence electrons. The van der Waals surface area contributed by atoms with Crippen LogP contribution in [0, 0.1) is 0 Å². The lowest BCUT2D eigenvalue weighted by Gasteiger charge is -2.35. The number of nitrogens with one attached hydrogen (secondary N) is 2. The first-order chi connectivity index (χ1) is 19.6. The quantitative estimate of drug-likeness (QED) is 0.238. The van der Waals surface area contributed by atoms with Crippen molar-refractivity contribution >= 4 is 47.1 Å². The first kappa shape index (κ1) is 31.9. The summed E-state index contributed by atoms with van der Waals surface area (Å²) in [5, 5.41) is 23.1. The molecule has 13 heteroatoms. The average Bonchev–Trinajstić information content (AvgIpc) is 3.21. The Kier molecular flexibility index (Phi) is 12.4. The molecule has 41 heavy (non-hydrogen) atoms. The normalized spacial score (nSPS) is 16.8. The average molecular weight is 590 g/mol. The molecule has 1 saturated heterocycles. The molecule has 2 fully saturated rings. The molecule has 1 aromatic heterocycles. The van der Waals surface area contributed by atoms with Crippen molar-refractivity contribution in [1.29, 1.82) is 0 Å². The topological polar surface area (TPSA) is 153 Å². The Balaban J connectivity index is 0.000000507. The van der Waals surface area contributed by atoms with Crippen LogP contribution < -0.4 is 20.3 Å². The van der Waals surface area contributed by atoms with Crippen LogP contribution in [-0.2, 0) is 9.59 Å². The summed E-state index contributed by atoms with van der Waals surface area (Å²) in [5.74, 6) is -0.0419. The van der Waals surface area contributed by atoms with Crippen molar-refractivity contribution in [2.24, 2.45) is 0 Å². The molecule has 12 nitrogen and oxygen atoms in total. The van der Waals surface area contributed by atoms with E-state index in [1.807, 2.05) is 18.2 Å². The zero-order valence-corrected chi connectivity index (χ0v) is 24.6. The summed E-state index contributed by atoms with van der Waals surface area (Å²) in [6, 6.07) is 6.38. The van der Waals surface area contributed by atoms with E-state index in [2.05, 4.69) is 34.5 Å². The highest BCUT2D eigenvalue weighted by molar-refractivity contribution is 6.32. The Bertz CT molecular complexity index is 1170. The molecule has 1 aliphatic carbocycles. The van der Waals surface area contributed by atoms with Crippen LogP contribution in [-0.4, -0.2) is 88.4 Å². The van der Waals surface area contributed by atoms with E-state index in [1.54, 1.807) is 7.11 Å². The first-order valence-corrected chi connectivity index (χ1v) is 14.2. The smallest absolute Gasteiger partial charge is 0.328 e. The van der Waals surface area contributed by atoms with E-state index in [0.717, 1.165) is 44.5 Å². The number of aliphatic carboxylic acids is 2. The number of likely N-dealkylation sites (tertiary alicyclic amines) is 1. The van der Waals surface area contributed by atoms with Crippen molar-refractivity contribution < 1.29 is 24.5 Å². The minimum atomic E-state index is -1.26. The van der Waals surface area contributed by atoms with Crippen LogP contribution >= 0.6 is 11.6 Å². The second kappa shape index (κ2) is 16.0. The number of rotatable bonds is 9. The second-order valence-corrected chi connectivity index (χ2v) is 10.7. The van der Waals surface area contributed by atoms with Crippen molar-refractivity contribution in [3.63, 3.8) is 0 Å². The van der Waals surface area contributed by atoms with Crippen molar-refractivity contribution in [3.05, 3.63) is 35.4 Å².